The summed E-state index contributed by atoms with van der Waals surface area (Å²) in [7, 11) is -2.54. The topological polar surface area (TPSA) is 131 Å². The van der Waals surface area contributed by atoms with Crippen LogP contribution in [0, 0.1) is 23.0 Å². The first-order valence-electron chi connectivity index (χ1n) is 9.91. The standard InChI is InChI=1S/C23H18F2N4O4S/c1-12(34(27,31)32)16-9-17(18-11-29(2)23(30)22-15(18)5-6-28-22)21(7-13(16)10-26)33-20-4-3-14(24)8-19(20)25/h3-9,11-12,28H,1-2H3,(H2,27,31,32). The van der Waals surface area contributed by atoms with Crippen LogP contribution in [0.1, 0.15) is 23.3 Å². The lowest BCUT2D eigenvalue weighted by molar-refractivity contribution is 0.439. The molecule has 4 rings (SSSR count). The number of primary sulfonamides is 1. The van der Waals surface area contributed by atoms with Crippen LogP contribution in [0.25, 0.3) is 22.0 Å². The Balaban J connectivity index is 2.06. The molecule has 0 aliphatic carbocycles. The molecule has 0 saturated heterocycles. The molecule has 34 heavy (non-hydrogen) atoms. The molecule has 2 aromatic heterocycles. The Kier molecular flexibility index (Phi) is 5.72. The van der Waals surface area contributed by atoms with Crippen LogP contribution in [0.3, 0.4) is 0 Å². The van der Waals surface area contributed by atoms with Crippen molar-refractivity contribution in [2.45, 2.75) is 12.2 Å². The number of pyridine rings is 1. The van der Waals surface area contributed by atoms with Crippen LogP contribution < -0.4 is 15.4 Å². The molecule has 1 unspecified atom stereocenters. The largest absolute Gasteiger partial charge is 0.454 e. The predicted molar refractivity (Wildman–Crippen MR) is 122 cm³/mol. The molecular weight excluding hydrogens is 466 g/mol. The zero-order valence-electron chi connectivity index (χ0n) is 18.0. The first-order valence-corrected chi connectivity index (χ1v) is 11.5. The van der Waals surface area contributed by atoms with E-state index in [-0.39, 0.29) is 39.3 Å². The van der Waals surface area contributed by atoms with Crippen molar-refractivity contribution in [3.05, 3.63) is 81.9 Å². The number of benzene rings is 2. The van der Waals surface area contributed by atoms with Gasteiger partial charge in [-0.3, -0.25) is 4.79 Å². The van der Waals surface area contributed by atoms with Crippen molar-refractivity contribution < 1.29 is 21.9 Å². The number of rotatable bonds is 5. The number of sulfonamides is 1. The molecule has 4 aromatic rings. The minimum absolute atomic E-state index is 0.00595. The number of nitriles is 1. The lowest BCUT2D eigenvalue weighted by Gasteiger charge is -2.18. The van der Waals surface area contributed by atoms with Gasteiger partial charge in [-0.05, 0) is 42.8 Å². The van der Waals surface area contributed by atoms with E-state index in [2.05, 4.69) is 4.98 Å². The number of aryl methyl sites for hydroxylation is 1. The number of nitrogens with two attached hydrogens (primary N) is 1. The van der Waals surface area contributed by atoms with Gasteiger partial charge in [0.25, 0.3) is 5.56 Å². The van der Waals surface area contributed by atoms with E-state index in [0.717, 1.165) is 12.1 Å². The zero-order valence-corrected chi connectivity index (χ0v) is 18.8. The lowest BCUT2D eigenvalue weighted by Crippen LogP contribution is -2.20. The molecule has 0 spiro atoms. The molecule has 0 aliphatic heterocycles. The molecule has 2 heterocycles. The van der Waals surface area contributed by atoms with Crippen molar-refractivity contribution in [1.29, 1.82) is 5.26 Å². The van der Waals surface area contributed by atoms with Crippen LogP contribution in [-0.4, -0.2) is 18.0 Å². The quantitative estimate of drug-likeness (QED) is 0.445. The molecule has 0 fully saturated rings. The number of nitrogens with zero attached hydrogens (tertiary/aromatic N) is 2. The van der Waals surface area contributed by atoms with Crippen LogP contribution in [-0.2, 0) is 17.1 Å². The minimum atomic E-state index is -4.07. The Morgan fingerprint density at radius 1 is 1.15 bits per heavy atom. The van der Waals surface area contributed by atoms with Gasteiger partial charge in [0.1, 0.15) is 17.1 Å². The molecule has 174 valence electrons. The highest BCUT2D eigenvalue weighted by Crippen LogP contribution is 2.41. The van der Waals surface area contributed by atoms with E-state index >= 15 is 0 Å². The molecule has 0 aliphatic rings. The number of H-pyrrole nitrogens is 1. The Morgan fingerprint density at radius 2 is 1.88 bits per heavy atom. The number of aromatic amines is 1. The first kappa shape index (κ1) is 23.2. The zero-order chi connectivity index (χ0) is 24.8. The Morgan fingerprint density at radius 3 is 2.53 bits per heavy atom. The molecule has 2 aromatic carbocycles. The third-order valence-electron chi connectivity index (χ3n) is 5.50. The third kappa shape index (κ3) is 4.05. The van der Waals surface area contributed by atoms with Gasteiger partial charge in [-0.15, -0.1) is 0 Å². The van der Waals surface area contributed by atoms with Gasteiger partial charge in [-0.2, -0.15) is 5.26 Å². The van der Waals surface area contributed by atoms with Gasteiger partial charge in [-0.1, -0.05) is 0 Å². The molecule has 8 nitrogen and oxygen atoms in total. The fourth-order valence-corrected chi connectivity index (χ4v) is 4.21. The maximum atomic E-state index is 14.4. The summed E-state index contributed by atoms with van der Waals surface area (Å²) in [5.41, 5.74) is 0.742. The molecule has 0 saturated carbocycles. The Hall–Kier alpha value is -4.01. The van der Waals surface area contributed by atoms with Crippen molar-refractivity contribution >= 4 is 20.9 Å². The second-order valence-corrected chi connectivity index (χ2v) is 9.57. The third-order valence-corrected chi connectivity index (χ3v) is 6.74. The van der Waals surface area contributed by atoms with Crippen LogP contribution in [0.2, 0.25) is 0 Å². The van der Waals surface area contributed by atoms with Crippen LogP contribution in [0.5, 0.6) is 11.5 Å². The summed E-state index contributed by atoms with van der Waals surface area (Å²) < 4.78 is 58.9. The molecule has 0 amide bonds. The van der Waals surface area contributed by atoms with Gasteiger partial charge >= 0.3 is 0 Å². The average Bonchev–Trinajstić information content (AvgIpc) is 3.27. The van der Waals surface area contributed by atoms with Crippen molar-refractivity contribution in [2.24, 2.45) is 12.2 Å². The summed E-state index contributed by atoms with van der Waals surface area (Å²) in [5.74, 6) is -2.09. The van der Waals surface area contributed by atoms with Gasteiger partial charge < -0.3 is 14.3 Å². The second kappa shape index (κ2) is 8.40. The van der Waals surface area contributed by atoms with Crippen molar-refractivity contribution in [1.82, 2.24) is 9.55 Å². The number of hydrogen-bond donors (Lipinski definition) is 2. The van der Waals surface area contributed by atoms with Crippen LogP contribution in [0.4, 0.5) is 8.78 Å². The highest BCUT2D eigenvalue weighted by Gasteiger charge is 2.25. The predicted octanol–water partition coefficient (Wildman–Crippen LogP) is 3.83. The van der Waals surface area contributed by atoms with E-state index in [0.29, 0.717) is 17.0 Å². The highest BCUT2D eigenvalue weighted by molar-refractivity contribution is 7.89. The summed E-state index contributed by atoms with van der Waals surface area (Å²) in [6, 6.07) is 8.99. The van der Waals surface area contributed by atoms with Crippen LogP contribution in [0.15, 0.2) is 53.6 Å². The summed E-state index contributed by atoms with van der Waals surface area (Å²) >= 11 is 0. The van der Waals surface area contributed by atoms with E-state index in [9.17, 15) is 27.3 Å². The summed E-state index contributed by atoms with van der Waals surface area (Å²) in [5, 5.41) is 14.3. The highest BCUT2D eigenvalue weighted by atomic mass is 32.2. The maximum Gasteiger partial charge on any atom is 0.274 e. The smallest absolute Gasteiger partial charge is 0.274 e. The Labute approximate surface area is 192 Å². The lowest BCUT2D eigenvalue weighted by atomic mass is 9.96. The monoisotopic (exact) mass is 484 g/mol. The number of ether oxygens (including phenoxy) is 1. The number of hydrogen-bond acceptors (Lipinski definition) is 5. The summed E-state index contributed by atoms with van der Waals surface area (Å²) in [6.07, 6.45) is 3.08. The van der Waals surface area contributed by atoms with Gasteiger partial charge in [0.05, 0.1) is 16.9 Å². The van der Waals surface area contributed by atoms with E-state index in [1.807, 2.05) is 6.07 Å². The first-order chi connectivity index (χ1) is 16.0. The number of fused-ring (bicyclic) bond motifs is 1. The second-order valence-electron chi connectivity index (χ2n) is 7.68. The van der Waals surface area contributed by atoms with Crippen LogP contribution >= 0.6 is 0 Å². The maximum absolute atomic E-state index is 14.4. The molecular formula is C23H18F2N4O4S. The number of aromatic nitrogens is 2. The Bertz CT molecular complexity index is 1650. The average molecular weight is 484 g/mol. The van der Waals surface area contributed by atoms with Crippen molar-refractivity contribution in [3.63, 3.8) is 0 Å². The summed E-state index contributed by atoms with van der Waals surface area (Å²) in [6.45, 7) is 1.34. The molecule has 0 radical (unpaired) electrons. The molecule has 11 heteroatoms. The molecule has 3 N–H and O–H groups in total. The number of nitrogens with one attached hydrogen (secondary N) is 1. The normalized spacial score (nSPS) is 12.5. The van der Waals surface area contributed by atoms with E-state index in [1.165, 1.54) is 36.9 Å². The van der Waals surface area contributed by atoms with Gasteiger partial charge in [-0.25, -0.2) is 22.3 Å². The SMILES string of the molecule is CC(c1cc(-c2cn(C)c(=O)c3[nH]ccc23)c(Oc2ccc(F)cc2F)cc1C#N)S(N)(=O)=O. The fourth-order valence-electron chi connectivity index (χ4n) is 3.66. The fraction of sp³-hybridized carbons (Fsp3) is 0.130. The van der Waals surface area contributed by atoms with Gasteiger partial charge in [0.15, 0.2) is 11.6 Å². The molecule has 1 atom stereocenters. The minimum Gasteiger partial charge on any atom is -0.454 e. The molecule has 0 bridgehead atoms. The summed E-state index contributed by atoms with van der Waals surface area (Å²) in [4.78, 5) is 15.4. The van der Waals surface area contributed by atoms with Crippen molar-refractivity contribution in [3.8, 4) is 28.7 Å². The van der Waals surface area contributed by atoms with Gasteiger partial charge in [0.2, 0.25) is 10.0 Å². The van der Waals surface area contributed by atoms with E-state index in [1.54, 1.807) is 12.3 Å². The number of halogens is 2. The van der Waals surface area contributed by atoms with Crippen molar-refractivity contribution in [2.75, 3.05) is 0 Å². The van der Waals surface area contributed by atoms with Gasteiger partial charge in [0, 0.05) is 42.0 Å². The van der Waals surface area contributed by atoms with E-state index < -0.39 is 26.9 Å². The van der Waals surface area contributed by atoms with E-state index in [4.69, 9.17) is 9.88 Å².